The van der Waals surface area contributed by atoms with Crippen molar-refractivity contribution in [1.29, 1.82) is 0 Å². The van der Waals surface area contributed by atoms with Gasteiger partial charge >= 0.3 is 0 Å². The molecule has 3 nitrogen and oxygen atoms in total. The fraction of sp³-hybridized carbons (Fsp3) is 0.667. The van der Waals surface area contributed by atoms with Crippen molar-refractivity contribution in [2.45, 2.75) is 59.3 Å². The molecular formula is C18H31NO2. The number of benzene rings is 1. The van der Waals surface area contributed by atoms with E-state index in [1.807, 2.05) is 0 Å². The van der Waals surface area contributed by atoms with Crippen LogP contribution < -0.4 is 5.32 Å². The fourth-order valence-corrected chi connectivity index (χ4v) is 2.35. The van der Waals surface area contributed by atoms with Gasteiger partial charge in [-0.25, -0.2) is 0 Å². The second kappa shape index (κ2) is 9.19. The third kappa shape index (κ3) is 7.60. The minimum Gasteiger partial charge on any atom is -0.389 e. The molecule has 0 amide bonds. The molecule has 3 heteroatoms. The van der Waals surface area contributed by atoms with E-state index in [2.05, 4.69) is 64.2 Å². The van der Waals surface area contributed by atoms with Gasteiger partial charge in [0.05, 0.1) is 18.8 Å². The van der Waals surface area contributed by atoms with Crippen LogP contribution >= 0.6 is 0 Å². The Hall–Kier alpha value is -0.900. The van der Waals surface area contributed by atoms with E-state index in [1.165, 1.54) is 11.1 Å². The van der Waals surface area contributed by atoms with E-state index in [9.17, 15) is 5.11 Å². The van der Waals surface area contributed by atoms with E-state index in [1.54, 1.807) is 0 Å². The molecule has 21 heavy (non-hydrogen) atoms. The van der Waals surface area contributed by atoms with Crippen molar-refractivity contribution in [1.82, 2.24) is 5.32 Å². The Morgan fingerprint density at radius 2 is 1.71 bits per heavy atom. The predicted octanol–water partition coefficient (Wildman–Crippen LogP) is 3.46. The smallest absolute Gasteiger partial charge is 0.0898 e. The Bertz CT molecular complexity index is 389. The molecule has 1 aromatic carbocycles. The molecule has 3 atom stereocenters. The fourth-order valence-electron chi connectivity index (χ4n) is 2.35. The molecule has 0 heterocycles. The molecule has 1 rings (SSSR count). The molecule has 0 fully saturated rings. The lowest BCUT2D eigenvalue weighted by molar-refractivity contribution is -0.00914. The first kappa shape index (κ1) is 18.1. The zero-order chi connectivity index (χ0) is 15.8. The lowest BCUT2D eigenvalue weighted by Gasteiger charge is -2.20. The van der Waals surface area contributed by atoms with E-state index < -0.39 is 6.10 Å². The zero-order valence-electron chi connectivity index (χ0n) is 14.1. The molecule has 2 N–H and O–H groups in total. The van der Waals surface area contributed by atoms with E-state index in [0.717, 1.165) is 6.42 Å². The molecule has 0 spiro atoms. The van der Waals surface area contributed by atoms with E-state index in [0.29, 0.717) is 19.1 Å². The van der Waals surface area contributed by atoms with Gasteiger partial charge in [0.25, 0.3) is 0 Å². The topological polar surface area (TPSA) is 41.5 Å². The molecule has 0 aliphatic carbocycles. The maximum absolute atomic E-state index is 9.98. The molecule has 0 saturated heterocycles. The molecule has 0 aliphatic heterocycles. The molecule has 1 aromatic rings. The Morgan fingerprint density at radius 1 is 1.10 bits per heavy atom. The summed E-state index contributed by atoms with van der Waals surface area (Å²) < 4.78 is 5.68. The molecule has 0 bridgehead atoms. The van der Waals surface area contributed by atoms with E-state index >= 15 is 0 Å². The highest BCUT2D eigenvalue weighted by molar-refractivity contribution is 5.23. The first-order valence-corrected chi connectivity index (χ1v) is 7.98. The first-order chi connectivity index (χ1) is 9.88. The average molecular weight is 293 g/mol. The minimum absolute atomic E-state index is 0.203. The van der Waals surface area contributed by atoms with Crippen molar-refractivity contribution in [2.75, 3.05) is 13.2 Å². The highest BCUT2D eigenvalue weighted by Gasteiger charge is 2.11. The summed E-state index contributed by atoms with van der Waals surface area (Å²) in [5, 5.41) is 13.3. The summed E-state index contributed by atoms with van der Waals surface area (Å²) in [5.74, 6) is 0.622. The quantitative estimate of drug-likeness (QED) is 0.732. The number of hydrogen-bond donors (Lipinski definition) is 2. The van der Waals surface area contributed by atoms with Crippen molar-refractivity contribution in [3.8, 4) is 0 Å². The molecule has 0 saturated carbocycles. The normalized spacial score (nSPS) is 16.0. The maximum atomic E-state index is 9.98. The van der Waals surface area contributed by atoms with Crippen molar-refractivity contribution in [3.63, 3.8) is 0 Å². The van der Waals surface area contributed by atoms with Gasteiger partial charge in [0.15, 0.2) is 0 Å². The number of aliphatic hydroxyl groups excluding tert-OH is 1. The van der Waals surface area contributed by atoms with Gasteiger partial charge in [0, 0.05) is 12.6 Å². The second-order valence-corrected chi connectivity index (χ2v) is 6.47. The number of ether oxygens (including phenoxy) is 1. The number of aryl methyl sites for hydroxylation is 1. The summed E-state index contributed by atoms with van der Waals surface area (Å²) in [6, 6.07) is 8.70. The Morgan fingerprint density at radius 3 is 2.29 bits per heavy atom. The molecule has 120 valence electrons. The van der Waals surface area contributed by atoms with Gasteiger partial charge in [-0.2, -0.15) is 0 Å². The van der Waals surface area contributed by atoms with Gasteiger partial charge in [-0.05, 0) is 38.7 Å². The maximum Gasteiger partial charge on any atom is 0.0898 e. The number of aliphatic hydroxyl groups is 1. The highest BCUT2D eigenvalue weighted by Crippen LogP contribution is 2.13. The van der Waals surface area contributed by atoms with E-state index in [-0.39, 0.29) is 12.1 Å². The Labute approximate surface area is 129 Å². The van der Waals surface area contributed by atoms with Crippen LogP contribution in [0.5, 0.6) is 0 Å². The molecule has 0 radical (unpaired) electrons. The van der Waals surface area contributed by atoms with Gasteiger partial charge in [-0.1, -0.05) is 43.7 Å². The van der Waals surface area contributed by atoms with Crippen LogP contribution in [0.15, 0.2) is 24.3 Å². The number of hydrogen-bond acceptors (Lipinski definition) is 3. The zero-order valence-corrected chi connectivity index (χ0v) is 14.1. The minimum atomic E-state index is -0.465. The van der Waals surface area contributed by atoms with Crippen molar-refractivity contribution >= 4 is 0 Å². The SMILES string of the molecule is Cc1ccc([C@@H](C)NCC(O)COC(C)CC(C)C)cc1. The van der Waals surface area contributed by atoms with Crippen LogP contribution in [0, 0.1) is 12.8 Å². The third-order valence-corrected chi connectivity index (χ3v) is 3.61. The van der Waals surface area contributed by atoms with Crippen LogP contribution in [0.3, 0.4) is 0 Å². The summed E-state index contributed by atoms with van der Waals surface area (Å²) in [4.78, 5) is 0. The lowest BCUT2D eigenvalue weighted by Crippen LogP contribution is -2.33. The van der Waals surface area contributed by atoms with Crippen LogP contribution in [-0.4, -0.2) is 30.5 Å². The van der Waals surface area contributed by atoms with Crippen LogP contribution in [-0.2, 0) is 4.74 Å². The second-order valence-electron chi connectivity index (χ2n) is 6.47. The molecular weight excluding hydrogens is 262 g/mol. The summed E-state index contributed by atoms with van der Waals surface area (Å²) in [6.45, 7) is 11.6. The van der Waals surface area contributed by atoms with Crippen LogP contribution in [0.1, 0.15) is 51.3 Å². The average Bonchev–Trinajstić information content (AvgIpc) is 2.42. The van der Waals surface area contributed by atoms with Crippen LogP contribution in [0.4, 0.5) is 0 Å². The molecule has 0 aliphatic rings. The third-order valence-electron chi connectivity index (χ3n) is 3.61. The number of rotatable bonds is 9. The summed E-state index contributed by atoms with van der Waals surface area (Å²) in [5.41, 5.74) is 2.50. The standard InChI is InChI=1S/C18H31NO2/c1-13(2)10-15(4)21-12-18(20)11-19-16(5)17-8-6-14(3)7-9-17/h6-9,13,15-16,18-20H,10-12H2,1-5H3/t15?,16-,18?/m1/s1. The van der Waals surface area contributed by atoms with Gasteiger partial charge in [-0.3, -0.25) is 0 Å². The van der Waals surface area contributed by atoms with Gasteiger partial charge in [-0.15, -0.1) is 0 Å². The Balaban J connectivity index is 2.26. The van der Waals surface area contributed by atoms with Gasteiger partial charge in [0.1, 0.15) is 0 Å². The van der Waals surface area contributed by atoms with Crippen molar-refractivity contribution in [3.05, 3.63) is 35.4 Å². The van der Waals surface area contributed by atoms with Crippen LogP contribution in [0.2, 0.25) is 0 Å². The summed E-state index contributed by atoms with van der Waals surface area (Å²) in [6.07, 6.45) is 0.765. The van der Waals surface area contributed by atoms with E-state index in [4.69, 9.17) is 4.74 Å². The predicted molar refractivity (Wildman–Crippen MR) is 88.5 cm³/mol. The van der Waals surface area contributed by atoms with Gasteiger partial charge in [0.2, 0.25) is 0 Å². The summed E-state index contributed by atoms with van der Waals surface area (Å²) >= 11 is 0. The number of nitrogens with one attached hydrogen (secondary N) is 1. The monoisotopic (exact) mass is 293 g/mol. The molecule has 0 aromatic heterocycles. The summed E-state index contributed by atoms with van der Waals surface area (Å²) in [7, 11) is 0. The molecule has 2 unspecified atom stereocenters. The van der Waals surface area contributed by atoms with Crippen molar-refractivity contribution in [2.24, 2.45) is 5.92 Å². The lowest BCUT2D eigenvalue weighted by atomic mass is 10.1. The first-order valence-electron chi connectivity index (χ1n) is 7.98. The van der Waals surface area contributed by atoms with Gasteiger partial charge < -0.3 is 15.2 Å². The van der Waals surface area contributed by atoms with Crippen LogP contribution in [0.25, 0.3) is 0 Å². The largest absolute Gasteiger partial charge is 0.389 e. The Kier molecular flexibility index (Phi) is 7.94. The van der Waals surface area contributed by atoms with Crippen molar-refractivity contribution < 1.29 is 9.84 Å². The highest BCUT2D eigenvalue weighted by atomic mass is 16.5.